The SMILES string of the molecule is C=C1C[C@H](O)[C@@H]2[C@H](OC(=O)[C@H]2C)[C@H]2[C@@H](C)[C@@H](O)C[C@@H]12. The van der Waals surface area contributed by atoms with E-state index in [0.29, 0.717) is 12.8 Å². The van der Waals surface area contributed by atoms with Crippen LogP contribution in [0, 0.1) is 29.6 Å². The predicted octanol–water partition coefficient (Wildman–Crippen LogP) is 1.12. The molecule has 0 aromatic carbocycles. The van der Waals surface area contributed by atoms with Gasteiger partial charge >= 0.3 is 5.97 Å². The highest BCUT2D eigenvalue weighted by Crippen LogP contribution is 2.52. The number of carbonyl (C=O) groups is 1. The van der Waals surface area contributed by atoms with Crippen LogP contribution in [0.25, 0.3) is 0 Å². The first-order valence-electron chi connectivity index (χ1n) is 7.16. The highest BCUT2D eigenvalue weighted by atomic mass is 16.6. The molecule has 1 heterocycles. The Balaban J connectivity index is 2.00. The lowest BCUT2D eigenvalue weighted by atomic mass is 9.77. The summed E-state index contributed by atoms with van der Waals surface area (Å²) in [6.45, 7) is 7.93. The molecule has 2 saturated carbocycles. The maximum atomic E-state index is 11.8. The molecule has 2 N–H and O–H groups in total. The van der Waals surface area contributed by atoms with Gasteiger partial charge in [-0.05, 0) is 24.7 Å². The lowest BCUT2D eigenvalue weighted by Gasteiger charge is -2.30. The summed E-state index contributed by atoms with van der Waals surface area (Å²) in [5.41, 5.74) is 0.999. The largest absolute Gasteiger partial charge is 0.461 e. The van der Waals surface area contributed by atoms with E-state index in [1.807, 2.05) is 13.8 Å². The summed E-state index contributed by atoms with van der Waals surface area (Å²) in [6, 6.07) is 0. The minimum Gasteiger partial charge on any atom is -0.461 e. The van der Waals surface area contributed by atoms with Gasteiger partial charge in [-0.15, -0.1) is 0 Å². The molecule has 3 rings (SSSR count). The van der Waals surface area contributed by atoms with Crippen LogP contribution in [0.15, 0.2) is 12.2 Å². The Kier molecular flexibility index (Phi) is 2.98. The number of ether oxygens (including phenoxy) is 1. The first kappa shape index (κ1) is 13.1. The average molecular weight is 266 g/mol. The number of hydrogen-bond acceptors (Lipinski definition) is 4. The first-order chi connectivity index (χ1) is 8.91. The van der Waals surface area contributed by atoms with Gasteiger partial charge in [0.2, 0.25) is 0 Å². The number of aliphatic hydroxyl groups excluding tert-OH is 2. The maximum Gasteiger partial charge on any atom is 0.309 e. The van der Waals surface area contributed by atoms with Gasteiger partial charge in [0.15, 0.2) is 0 Å². The molecule has 19 heavy (non-hydrogen) atoms. The van der Waals surface area contributed by atoms with E-state index in [0.717, 1.165) is 5.57 Å². The number of carbonyl (C=O) groups excluding carboxylic acids is 1. The fraction of sp³-hybridized carbons (Fsp3) is 0.800. The Morgan fingerprint density at radius 2 is 1.89 bits per heavy atom. The van der Waals surface area contributed by atoms with Crippen LogP contribution in [-0.4, -0.2) is 34.5 Å². The maximum absolute atomic E-state index is 11.8. The highest BCUT2D eigenvalue weighted by Gasteiger charge is 2.57. The van der Waals surface area contributed by atoms with Gasteiger partial charge in [0.25, 0.3) is 0 Å². The first-order valence-corrected chi connectivity index (χ1v) is 7.16. The molecule has 0 amide bonds. The zero-order valence-corrected chi connectivity index (χ0v) is 11.5. The van der Waals surface area contributed by atoms with Crippen molar-refractivity contribution in [2.24, 2.45) is 29.6 Å². The van der Waals surface area contributed by atoms with Crippen LogP contribution in [0.2, 0.25) is 0 Å². The standard InChI is InChI=1S/C15H22O4/c1-6-4-11(17)13-8(3)15(18)19-14(13)12-7(2)10(16)5-9(6)12/h7-14,16-17H,1,4-5H2,2-3H3/t7-,8-,9-,10-,11-,12-,13+,14+/m0/s1. The van der Waals surface area contributed by atoms with E-state index in [2.05, 4.69) is 6.58 Å². The second kappa shape index (κ2) is 4.32. The summed E-state index contributed by atoms with van der Waals surface area (Å²) < 4.78 is 5.56. The van der Waals surface area contributed by atoms with Crippen LogP contribution < -0.4 is 0 Å². The smallest absolute Gasteiger partial charge is 0.309 e. The molecule has 4 heteroatoms. The third-order valence-electron chi connectivity index (χ3n) is 5.57. The van der Waals surface area contributed by atoms with E-state index in [4.69, 9.17) is 4.74 Å². The summed E-state index contributed by atoms with van der Waals surface area (Å²) >= 11 is 0. The van der Waals surface area contributed by atoms with Crippen molar-refractivity contribution in [3.63, 3.8) is 0 Å². The van der Waals surface area contributed by atoms with Crippen molar-refractivity contribution < 1.29 is 19.7 Å². The monoisotopic (exact) mass is 266 g/mol. The normalized spacial score (nSPS) is 53.5. The zero-order chi connectivity index (χ0) is 13.9. The Hall–Kier alpha value is -0.870. The molecule has 4 nitrogen and oxygen atoms in total. The topological polar surface area (TPSA) is 66.8 Å². The van der Waals surface area contributed by atoms with Crippen LogP contribution in [0.1, 0.15) is 26.7 Å². The molecule has 8 atom stereocenters. The Morgan fingerprint density at radius 1 is 1.21 bits per heavy atom. The summed E-state index contributed by atoms with van der Waals surface area (Å²) in [6.07, 6.45) is -0.00463. The van der Waals surface area contributed by atoms with Crippen molar-refractivity contribution in [2.75, 3.05) is 0 Å². The van der Waals surface area contributed by atoms with Crippen molar-refractivity contribution in [3.05, 3.63) is 12.2 Å². The Morgan fingerprint density at radius 3 is 2.58 bits per heavy atom. The van der Waals surface area contributed by atoms with Gasteiger partial charge in [-0.1, -0.05) is 26.0 Å². The highest BCUT2D eigenvalue weighted by molar-refractivity contribution is 5.75. The van der Waals surface area contributed by atoms with Crippen molar-refractivity contribution >= 4 is 5.97 Å². The van der Waals surface area contributed by atoms with Crippen molar-refractivity contribution in [3.8, 4) is 0 Å². The van der Waals surface area contributed by atoms with E-state index in [1.165, 1.54) is 0 Å². The molecule has 1 saturated heterocycles. The summed E-state index contributed by atoms with van der Waals surface area (Å²) in [5, 5.41) is 20.5. The van der Waals surface area contributed by atoms with E-state index < -0.39 is 6.10 Å². The molecule has 0 radical (unpaired) electrons. The molecule has 3 fully saturated rings. The van der Waals surface area contributed by atoms with Gasteiger partial charge < -0.3 is 14.9 Å². The van der Waals surface area contributed by atoms with Gasteiger partial charge in [0.05, 0.1) is 18.1 Å². The number of fused-ring (bicyclic) bond motifs is 3. The summed E-state index contributed by atoms with van der Waals surface area (Å²) in [7, 11) is 0. The molecule has 0 spiro atoms. The summed E-state index contributed by atoms with van der Waals surface area (Å²) in [4.78, 5) is 11.8. The lowest BCUT2D eigenvalue weighted by Crippen LogP contribution is -2.37. The number of aliphatic hydroxyl groups is 2. The van der Waals surface area contributed by atoms with Gasteiger partial charge in [0, 0.05) is 11.8 Å². The third-order valence-corrected chi connectivity index (χ3v) is 5.57. The molecule has 0 aromatic heterocycles. The zero-order valence-electron chi connectivity index (χ0n) is 11.5. The second-order valence-corrected chi connectivity index (χ2v) is 6.54. The van der Waals surface area contributed by atoms with Crippen LogP contribution in [0.3, 0.4) is 0 Å². The van der Waals surface area contributed by atoms with E-state index in [9.17, 15) is 15.0 Å². The molecule has 106 valence electrons. The van der Waals surface area contributed by atoms with Crippen LogP contribution in [0.5, 0.6) is 0 Å². The van der Waals surface area contributed by atoms with Crippen molar-refractivity contribution in [2.45, 2.75) is 45.0 Å². The van der Waals surface area contributed by atoms with Crippen LogP contribution in [0.4, 0.5) is 0 Å². The van der Waals surface area contributed by atoms with Crippen molar-refractivity contribution in [1.29, 1.82) is 0 Å². The molecule has 0 bridgehead atoms. The quantitative estimate of drug-likeness (QED) is 0.509. The minimum absolute atomic E-state index is 0.0812. The van der Waals surface area contributed by atoms with E-state index in [-0.39, 0.29) is 47.8 Å². The molecule has 3 aliphatic rings. The number of esters is 1. The molecule has 1 aliphatic heterocycles. The van der Waals surface area contributed by atoms with Crippen molar-refractivity contribution in [1.82, 2.24) is 0 Å². The van der Waals surface area contributed by atoms with Crippen LogP contribution in [-0.2, 0) is 9.53 Å². The van der Waals surface area contributed by atoms with Crippen LogP contribution >= 0.6 is 0 Å². The van der Waals surface area contributed by atoms with Gasteiger partial charge in [-0.3, -0.25) is 4.79 Å². The molecular formula is C15H22O4. The number of hydrogen-bond donors (Lipinski definition) is 2. The summed E-state index contributed by atoms with van der Waals surface area (Å²) in [5.74, 6) is -0.304. The predicted molar refractivity (Wildman–Crippen MR) is 69.1 cm³/mol. The van der Waals surface area contributed by atoms with Gasteiger partial charge in [0.1, 0.15) is 6.10 Å². The Labute approximate surface area is 113 Å². The minimum atomic E-state index is -0.561. The van der Waals surface area contributed by atoms with E-state index in [1.54, 1.807) is 0 Å². The molecular weight excluding hydrogens is 244 g/mol. The lowest BCUT2D eigenvalue weighted by molar-refractivity contribution is -0.146. The fourth-order valence-electron chi connectivity index (χ4n) is 4.43. The van der Waals surface area contributed by atoms with E-state index >= 15 is 0 Å². The molecule has 0 unspecified atom stereocenters. The third kappa shape index (κ3) is 1.77. The van der Waals surface area contributed by atoms with Gasteiger partial charge in [-0.25, -0.2) is 0 Å². The average Bonchev–Trinajstić information content (AvgIpc) is 2.75. The number of rotatable bonds is 0. The second-order valence-electron chi connectivity index (χ2n) is 6.54. The molecule has 2 aliphatic carbocycles. The fourth-order valence-corrected chi connectivity index (χ4v) is 4.43. The Bertz CT molecular complexity index is 418. The van der Waals surface area contributed by atoms with Gasteiger partial charge in [-0.2, -0.15) is 0 Å². The molecule has 0 aromatic rings.